The van der Waals surface area contributed by atoms with Gasteiger partial charge in [0.2, 0.25) is 0 Å². The molecule has 1 saturated heterocycles. The van der Waals surface area contributed by atoms with E-state index in [0.717, 1.165) is 45.0 Å². The first-order valence-corrected chi connectivity index (χ1v) is 8.95. The fourth-order valence-corrected chi connectivity index (χ4v) is 3.05. The molecule has 0 bridgehead atoms. The Hall–Kier alpha value is -1.52. The van der Waals surface area contributed by atoms with E-state index in [-0.39, 0.29) is 18.2 Å². The normalized spacial score (nSPS) is 20.8. The van der Waals surface area contributed by atoms with Crippen LogP contribution in [0.15, 0.2) is 35.3 Å². The summed E-state index contributed by atoms with van der Waals surface area (Å²) in [5.74, 6) is 0. The summed E-state index contributed by atoms with van der Waals surface area (Å²) in [4.78, 5) is 14.3. The molecule has 2 unspecified atom stereocenters. The highest BCUT2D eigenvalue weighted by molar-refractivity contribution is 5.61. The lowest BCUT2D eigenvalue weighted by Gasteiger charge is -2.33. The molecule has 0 radical (unpaired) electrons. The van der Waals surface area contributed by atoms with E-state index in [0.29, 0.717) is 6.61 Å². The van der Waals surface area contributed by atoms with Crippen LogP contribution in [0.4, 0.5) is 0 Å². The molecular weight excluding hydrogens is 302 g/mol. The van der Waals surface area contributed by atoms with Crippen LogP contribution >= 0.6 is 0 Å². The lowest BCUT2D eigenvalue weighted by molar-refractivity contribution is -0.171. The van der Waals surface area contributed by atoms with Gasteiger partial charge in [0.1, 0.15) is 6.29 Å². The topological polar surface area (TPSA) is 47.9 Å². The molecular formula is C20H29NO3. The first kappa shape index (κ1) is 18.8. The molecule has 2 atom stereocenters. The Bertz CT molecular complexity index is 497. The summed E-state index contributed by atoms with van der Waals surface area (Å²) in [7, 11) is 0. The maximum atomic E-state index is 10.3. The number of aliphatic imine (C=N–C) groups is 1. The SMILES string of the molecule is CC(CCCC=NCC=O)(COC1CCCCO1)c1ccccc1. The van der Waals surface area contributed by atoms with Gasteiger partial charge in [-0.25, -0.2) is 0 Å². The maximum Gasteiger partial charge on any atom is 0.157 e. The second-order valence-corrected chi connectivity index (χ2v) is 6.64. The molecule has 1 aliphatic heterocycles. The largest absolute Gasteiger partial charge is 0.353 e. The molecule has 0 spiro atoms. The van der Waals surface area contributed by atoms with E-state index < -0.39 is 0 Å². The molecule has 4 nitrogen and oxygen atoms in total. The number of hydrogen-bond acceptors (Lipinski definition) is 4. The van der Waals surface area contributed by atoms with E-state index >= 15 is 0 Å². The summed E-state index contributed by atoms with van der Waals surface area (Å²) in [5, 5.41) is 0. The third kappa shape index (κ3) is 6.17. The number of aldehydes is 1. The van der Waals surface area contributed by atoms with Crippen LogP contribution in [0.25, 0.3) is 0 Å². The molecule has 0 aromatic heterocycles. The third-order valence-corrected chi connectivity index (χ3v) is 4.57. The van der Waals surface area contributed by atoms with Crippen LogP contribution in [0, 0.1) is 0 Å². The van der Waals surface area contributed by atoms with E-state index in [2.05, 4.69) is 36.2 Å². The summed E-state index contributed by atoms with van der Waals surface area (Å²) in [6, 6.07) is 10.5. The van der Waals surface area contributed by atoms with Crippen molar-refractivity contribution in [1.29, 1.82) is 0 Å². The van der Waals surface area contributed by atoms with Gasteiger partial charge in [-0.3, -0.25) is 4.99 Å². The van der Waals surface area contributed by atoms with Crippen molar-refractivity contribution < 1.29 is 14.3 Å². The van der Waals surface area contributed by atoms with Crippen molar-refractivity contribution in [3.63, 3.8) is 0 Å². The van der Waals surface area contributed by atoms with E-state index in [1.54, 1.807) is 0 Å². The third-order valence-electron chi connectivity index (χ3n) is 4.57. The second kappa shape index (κ2) is 10.4. The highest BCUT2D eigenvalue weighted by atomic mass is 16.7. The van der Waals surface area contributed by atoms with Crippen LogP contribution in [-0.2, 0) is 19.7 Å². The van der Waals surface area contributed by atoms with Gasteiger partial charge in [-0.05, 0) is 50.3 Å². The highest BCUT2D eigenvalue weighted by Crippen LogP contribution is 2.31. The van der Waals surface area contributed by atoms with E-state index in [1.807, 2.05) is 12.3 Å². The molecule has 1 aromatic carbocycles. The lowest BCUT2D eigenvalue weighted by atomic mass is 9.79. The molecule has 0 amide bonds. The molecule has 132 valence electrons. The number of carbonyl (C=O) groups is 1. The van der Waals surface area contributed by atoms with E-state index in [1.165, 1.54) is 12.0 Å². The van der Waals surface area contributed by atoms with Crippen LogP contribution in [0.5, 0.6) is 0 Å². The Kier molecular flexibility index (Phi) is 8.13. The summed E-state index contributed by atoms with van der Waals surface area (Å²) in [6.45, 7) is 3.99. The Morgan fingerprint density at radius 2 is 2.17 bits per heavy atom. The summed E-state index contributed by atoms with van der Waals surface area (Å²) >= 11 is 0. The van der Waals surface area contributed by atoms with Crippen molar-refractivity contribution in [2.45, 2.75) is 57.2 Å². The van der Waals surface area contributed by atoms with Crippen LogP contribution in [0.3, 0.4) is 0 Å². The molecule has 1 heterocycles. The van der Waals surface area contributed by atoms with Crippen LogP contribution in [0.1, 0.15) is 51.0 Å². The smallest absolute Gasteiger partial charge is 0.157 e. The monoisotopic (exact) mass is 331 g/mol. The average Bonchev–Trinajstić information content (AvgIpc) is 2.64. The van der Waals surface area contributed by atoms with Crippen molar-refractivity contribution in [2.75, 3.05) is 19.8 Å². The van der Waals surface area contributed by atoms with Gasteiger partial charge in [-0.2, -0.15) is 0 Å². The van der Waals surface area contributed by atoms with Crippen LogP contribution in [-0.4, -0.2) is 38.5 Å². The standard InChI is InChI=1S/C20H29NO3/c1-20(18-9-3-2-4-10-18,12-6-7-13-21-14-15-22)17-24-19-11-5-8-16-23-19/h2-4,9-10,13,15,19H,5-8,11-12,14,16-17H2,1H3. The van der Waals surface area contributed by atoms with Gasteiger partial charge in [0.15, 0.2) is 6.29 Å². The van der Waals surface area contributed by atoms with Gasteiger partial charge >= 0.3 is 0 Å². The van der Waals surface area contributed by atoms with E-state index in [4.69, 9.17) is 9.47 Å². The predicted octanol–water partition coefficient (Wildman–Crippen LogP) is 3.93. The van der Waals surface area contributed by atoms with Gasteiger partial charge in [0.05, 0.1) is 13.2 Å². The van der Waals surface area contributed by atoms with Gasteiger partial charge in [-0.15, -0.1) is 0 Å². The zero-order valence-corrected chi connectivity index (χ0v) is 14.7. The number of rotatable bonds is 10. The fourth-order valence-electron chi connectivity index (χ4n) is 3.05. The minimum atomic E-state index is -0.0593. The quantitative estimate of drug-likeness (QED) is 0.371. The average molecular weight is 331 g/mol. The van der Waals surface area contributed by atoms with Crippen molar-refractivity contribution in [3.8, 4) is 0 Å². The number of unbranched alkanes of at least 4 members (excludes halogenated alkanes) is 1. The van der Waals surface area contributed by atoms with Crippen molar-refractivity contribution in [2.24, 2.45) is 4.99 Å². The predicted molar refractivity (Wildman–Crippen MR) is 96.6 cm³/mol. The van der Waals surface area contributed by atoms with Crippen molar-refractivity contribution in [1.82, 2.24) is 0 Å². The summed E-state index contributed by atoms with van der Waals surface area (Å²) in [5.41, 5.74) is 1.26. The van der Waals surface area contributed by atoms with Crippen molar-refractivity contribution in [3.05, 3.63) is 35.9 Å². The van der Waals surface area contributed by atoms with Gasteiger partial charge in [0.25, 0.3) is 0 Å². The number of nitrogens with zero attached hydrogens (tertiary/aromatic N) is 1. The van der Waals surface area contributed by atoms with Crippen LogP contribution < -0.4 is 0 Å². The van der Waals surface area contributed by atoms with Crippen molar-refractivity contribution >= 4 is 12.5 Å². The molecule has 1 aliphatic rings. The van der Waals surface area contributed by atoms with Gasteiger partial charge < -0.3 is 14.3 Å². The molecule has 24 heavy (non-hydrogen) atoms. The molecule has 4 heteroatoms. The number of carbonyl (C=O) groups excluding carboxylic acids is 1. The first-order chi connectivity index (χ1) is 11.7. The molecule has 1 aromatic rings. The number of ether oxygens (including phenoxy) is 2. The summed E-state index contributed by atoms with van der Waals surface area (Å²) < 4.78 is 11.8. The minimum Gasteiger partial charge on any atom is -0.353 e. The number of hydrogen-bond donors (Lipinski definition) is 0. The Morgan fingerprint density at radius 1 is 1.33 bits per heavy atom. The Labute approximate surface area is 145 Å². The van der Waals surface area contributed by atoms with Gasteiger partial charge in [0, 0.05) is 12.0 Å². The Balaban J connectivity index is 1.91. The molecule has 0 aliphatic carbocycles. The lowest BCUT2D eigenvalue weighted by Crippen LogP contribution is -2.33. The zero-order chi connectivity index (χ0) is 17.1. The zero-order valence-electron chi connectivity index (χ0n) is 14.7. The number of benzene rings is 1. The molecule has 2 rings (SSSR count). The van der Waals surface area contributed by atoms with Gasteiger partial charge in [-0.1, -0.05) is 37.3 Å². The fraction of sp³-hybridized carbons (Fsp3) is 0.600. The van der Waals surface area contributed by atoms with Crippen LogP contribution in [0.2, 0.25) is 0 Å². The first-order valence-electron chi connectivity index (χ1n) is 8.95. The highest BCUT2D eigenvalue weighted by Gasteiger charge is 2.28. The maximum absolute atomic E-state index is 10.3. The second-order valence-electron chi connectivity index (χ2n) is 6.64. The molecule has 1 fully saturated rings. The molecule has 0 N–H and O–H groups in total. The summed E-state index contributed by atoms with van der Waals surface area (Å²) in [6.07, 6.45) is 8.83. The minimum absolute atomic E-state index is 0.0411. The molecule has 0 saturated carbocycles. The van der Waals surface area contributed by atoms with E-state index in [9.17, 15) is 4.79 Å². The Morgan fingerprint density at radius 3 is 2.88 bits per heavy atom.